The average Bonchev–Trinajstić information content (AvgIpc) is 2.41. The Bertz CT molecular complexity index is 508. The number of esters is 1. The van der Waals surface area contributed by atoms with Crippen molar-refractivity contribution in [2.45, 2.75) is 6.92 Å². The van der Waals surface area contributed by atoms with Crippen LogP contribution in [0.5, 0.6) is 0 Å². The molecule has 0 fully saturated rings. The number of carbonyl (C=O) groups is 2. The Balaban J connectivity index is 3.04. The standard InChI is InChI=1S/C11H11Cl3N2O3/c1-3-16(5-7(17)19-2)11(18)10-9(14)8(13)6(12)4-15-10/h4H,3,5H2,1-2H3. The van der Waals surface area contributed by atoms with E-state index in [0.29, 0.717) is 6.54 Å². The molecule has 1 heterocycles. The van der Waals surface area contributed by atoms with E-state index in [2.05, 4.69) is 9.72 Å². The molecule has 0 radical (unpaired) electrons. The number of amides is 1. The van der Waals surface area contributed by atoms with Crippen LogP contribution < -0.4 is 0 Å². The zero-order valence-electron chi connectivity index (χ0n) is 10.2. The summed E-state index contributed by atoms with van der Waals surface area (Å²) in [5.41, 5.74) is -0.0539. The van der Waals surface area contributed by atoms with Gasteiger partial charge in [-0.1, -0.05) is 34.8 Å². The lowest BCUT2D eigenvalue weighted by Gasteiger charge is -2.19. The molecule has 5 nitrogen and oxygen atoms in total. The van der Waals surface area contributed by atoms with Crippen molar-refractivity contribution in [2.24, 2.45) is 0 Å². The Kier molecular flexibility index (Phi) is 5.85. The summed E-state index contributed by atoms with van der Waals surface area (Å²) < 4.78 is 4.51. The Morgan fingerprint density at radius 3 is 2.47 bits per heavy atom. The van der Waals surface area contributed by atoms with Gasteiger partial charge in [-0.15, -0.1) is 0 Å². The Hall–Kier alpha value is -1.04. The fraction of sp³-hybridized carbons (Fsp3) is 0.364. The lowest BCUT2D eigenvalue weighted by Crippen LogP contribution is -2.36. The van der Waals surface area contributed by atoms with Crippen LogP contribution in [-0.4, -0.2) is 42.0 Å². The predicted octanol–water partition coefficient (Wildman–Crippen LogP) is 2.68. The van der Waals surface area contributed by atoms with Gasteiger partial charge in [-0.3, -0.25) is 9.59 Å². The first kappa shape index (κ1) is 16.0. The van der Waals surface area contributed by atoms with Gasteiger partial charge in [0.2, 0.25) is 0 Å². The van der Waals surface area contributed by atoms with Crippen LogP contribution in [0, 0.1) is 0 Å². The Labute approximate surface area is 125 Å². The summed E-state index contributed by atoms with van der Waals surface area (Å²) in [6.45, 7) is 1.82. The van der Waals surface area contributed by atoms with Gasteiger partial charge in [0.25, 0.3) is 5.91 Å². The van der Waals surface area contributed by atoms with E-state index in [1.165, 1.54) is 18.2 Å². The molecule has 8 heteroatoms. The molecule has 0 saturated carbocycles. The van der Waals surface area contributed by atoms with E-state index >= 15 is 0 Å². The second-order valence-electron chi connectivity index (χ2n) is 3.48. The third-order valence-corrected chi connectivity index (χ3v) is 3.58. The number of aromatic nitrogens is 1. The van der Waals surface area contributed by atoms with Gasteiger partial charge in [-0.25, -0.2) is 4.98 Å². The van der Waals surface area contributed by atoms with Crippen molar-refractivity contribution >= 4 is 46.7 Å². The molecule has 0 aliphatic carbocycles. The molecule has 0 unspecified atom stereocenters. The van der Waals surface area contributed by atoms with Crippen LogP contribution in [0.25, 0.3) is 0 Å². The minimum absolute atomic E-state index is 0.0394. The maximum atomic E-state index is 12.2. The van der Waals surface area contributed by atoms with E-state index in [4.69, 9.17) is 34.8 Å². The average molecular weight is 326 g/mol. The zero-order valence-corrected chi connectivity index (χ0v) is 12.5. The highest BCUT2D eigenvalue weighted by atomic mass is 35.5. The van der Waals surface area contributed by atoms with Gasteiger partial charge in [0.15, 0.2) is 0 Å². The molecular weight excluding hydrogens is 314 g/mol. The lowest BCUT2D eigenvalue weighted by atomic mass is 10.3. The van der Waals surface area contributed by atoms with Crippen molar-refractivity contribution in [3.05, 3.63) is 27.0 Å². The summed E-state index contributed by atoms with van der Waals surface area (Å²) in [5.74, 6) is -1.05. The molecule has 0 aromatic carbocycles. The molecular formula is C11H11Cl3N2O3. The van der Waals surface area contributed by atoms with Crippen molar-refractivity contribution in [2.75, 3.05) is 20.2 Å². The van der Waals surface area contributed by atoms with Gasteiger partial charge in [-0.05, 0) is 6.92 Å². The zero-order chi connectivity index (χ0) is 14.6. The van der Waals surface area contributed by atoms with Crippen molar-refractivity contribution in [3.8, 4) is 0 Å². The third-order valence-electron chi connectivity index (χ3n) is 2.34. The Morgan fingerprint density at radius 2 is 1.95 bits per heavy atom. The molecule has 1 aromatic rings. The maximum Gasteiger partial charge on any atom is 0.325 e. The van der Waals surface area contributed by atoms with E-state index in [0.717, 1.165) is 0 Å². The predicted molar refractivity (Wildman–Crippen MR) is 72.9 cm³/mol. The molecule has 0 spiro atoms. The topological polar surface area (TPSA) is 59.5 Å². The number of carbonyl (C=O) groups excluding carboxylic acids is 2. The quantitative estimate of drug-likeness (QED) is 0.799. The van der Waals surface area contributed by atoms with Gasteiger partial charge < -0.3 is 9.64 Å². The van der Waals surface area contributed by atoms with Gasteiger partial charge >= 0.3 is 5.97 Å². The number of nitrogens with zero attached hydrogens (tertiary/aromatic N) is 2. The highest BCUT2D eigenvalue weighted by Gasteiger charge is 2.23. The Morgan fingerprint density at radius 1 is 1.32 bits per heavy atom. The van der Waals surface area contributed by atoms with Gasteiger partial charge in [-0.2, -0.15) is 0 Å². The molecule has 0 N–H and O–H groups in total. The number of rotatable bonds is 4. The first-order valence-electron chi connectivity index (χ1n) is 5.27. The van der Waals surface area contributed by atoms with Crippen LogP contribution in [0.1, 0.15) is 17.4 Å². The molecule has 19 heavy (non-hydrogen) atoms. The highest BCUT2D eigenvalue weighted by molar-refractivity contribution is 6.48. The number of halogens is 3. The van der Waals surface area contributed by atoms with Crippen molar-refractivity contribution < 1.29 is 14.3 Å². The molecule has 0 saturated heterocycles. The SMILES string of the molecule is CCN(CC(=O)OC)C(=O)c1ncc(Cl)c(Cl)c1Cl. The minimum Gasteiger partial charge on any atom is -0.468 e. The summed E-state index contributed by atoms with van der Waals surface area (Å²) in [4.78, 5) is 28.5. The van der Waals surface area contributed by atoms with E-state index in [1.54, 1.807) is 6.92 Å². The largest absolute Gasteiger partial charge is 0.468 e. The van der Waals surface area contributed by atoms with Crippen LogP contribution in [0.3, 0.4) is 0 Å². The summed E-state index contributed by atoms with van der Waals surface area (Å²) in [6, 6.07) is 0. The molecule has 104 valence electrons. The summed E-state index contributed by atoms with van der Waals surface area (Å²) in [5, 5.41) is 0.164. The number of ether oxygens (including phenoxy) is 1. The normalized spacial score (nSPS) is 10.2. The first-order chi connectivity index (χ1) is 8.92. The number of methoxy groups -OCH3 is 1. The monoisotopic (exact) mass is 324 g/mol. The molecule has 0 atom stereocenters. The number of likely N-dealkylation sites (N-methyl/N-ethyl adjacent to an activating group) is 1. The fourth-order valence-corrected chi connectivity index (χ4v) is 1.85. The van der Waals surface area contributed by atoms with E-state index in [-0.39, 0.29) is 27.3 Å². The van der Waals surface area contributed by atoms with Gasteiger partial charge in [0.1, 0.15) is 12.2 Å². The van der Waals surface area contributed by atoms with Crippen molar-refractivity contribution in [1.29, 1.82) is 0 Å². The second kappa shape index (κ2) is 6.93. The second-order valence-corrected chi connectivity index (χ2v) is 4.64. The van der Waals surface area contributed by atoms with Crippen LogP contribution in [-0.2, 0) is 9.53 Å². The summed E-state index contributed by atoms with van der Waals surface area (Å²) >= 11 is 17.5. The molecule has 1 rings (SSSR count). The fourth-order valence-electron chi connectivity index (χ4n) is 1.29. The van der Waals surface area contributed by atoms with E-state index < -0.39 is 11.9 Å². The number of hydrogen-bond donors (Lipinski definition) is 0. The molecule has 0 bridgehead atoms. The third kappa shape index (κ3) is 3.72. The van der Waals surface area contributed by atoms with E-state index in [9.17, 15) is 9.59 Å². The minimum atomic E-state index is -0.536. The molecule has 0 aliphatic rings. The van der Waals surface area contributed by atoms with Crippen LogP contribution in [0.15, 0.2) is 6.20 Å². The molecule has 0 aliphatic heterocycles. The van der Waals surface area contributed by atoms with Gasteiger partial charge in [0, 0.05) is 12.7 Å². The summed E-state index contributed by atoms with van der Waals surface area (Å²) in [7, 11) is 1.24. The molecule has 1 amide bonds. The highest BCUT2D eigenvalue weighted by Crippen LogP contribution is 2.31. The lowest BCUT2D eigenvalue weighted by molar-refractivity contribution is -0.141. The van der Waals surface area contributed by atoms with Crippen LogP contribution in [0.2, 0.25) is 15.1 Å². The van der Waals surface area contributed by atoms with Gasteiger partial charge in [0.05, 0.1) is 22.2 Å². The summed E-state index contributed by atoms with van der Waals surface area (Å²) in [6.07, 6.45) is 1.23. The van der Waals surface area contributed by atoms with Crippen LogP contribution in [0.4, 0.5) is 0 Å². The first-order valence-corrected chi connectivity index (χ1v) is 6.41. The maximum absolute atomic E-state index is 12.2. The van der Waals surface area contributed by atoms with E-state index in [1.807, 2.05) is 0 Å². The smallest absolute Gasteiger partial charge is 0.325 e. The molecule has 1 aromatic heterocycles. The van der Waals surface area contributed by atoms with Crippen LogP contribution >= 0.6 is 34.8 Å². The van der Waals surface area contributed by atoms with Crippen molar-refractivity contribution in [3.63, 3.8) is 0 Å². The van der Waals surface area contributed by atoms with Crippen molar-refractivity contribution in [1.82, 2.24) is 9.88 Å². The number of pyridine rings is 1. The number of hydrogen-bond acceptors (Lipinski definition) is 4.